The molecule has 0 aliphatic carbocycles. The molecule has 5 nitrogen and oxygen atoms in total. The zero-order valence-corrected chi connectivity index (χ0v) is 16.3. The monoisotopic (exact) mass is 362 g/mol. The summed E-state index contributed by atoms with van der Waals surface area (Å²) in [6.07, 6.45) is 0.535. The highest BCUT2D eigenvalue weighted by Gasteiger charge is 2.12. The molecule has 0 fully saturated rings. The number of hydrogen-bond acceptors (Lipinski definition) is 4. The topological polar surface area (TPSA) is 59.9 Å². The third-order valence-electron chi connectivity index (χ3n) is 4.30. The van der Waals surface area contributed by atoms with E-state index in [1.54, 1.807) is 18.4 Å². The molecule has 0 radical (unpaired) electrons. The predicted octanol–water partition coefficient (Wildman–Crippen LogP) is 2.83. The molecule has 138 valence electrons. The van der Waals surface area contributed by atoms with Gasteiger partial charge in [-0.1, -0.05) is 32.0 Å². The standard InChI is InChI=1S/C19H30N4OS/c1-4-23(5-2)12-8-11-21-19(20-3)22-14-16(24)18-13-15-9-6-7-10-17(15)25-18/h6-7,9-10,13,16,24H,4-5,8,11-12,14H2,1-3H3,(H2,20,21,22). The Kier molecular flexibility index (Phi) is 8.18. The van der Waals surface area contributed by atoms with Crippen molar-refractivity contribution in [2.75, 3.05) is 39.8 Å². The van der Waals surface area contributed by atoms with Crippen LogP contribution in [0.25, 0.3) is 10.1 Å². The van der Waals surface area contributed by atoms with Crippen molar-refractivity contribution in [2.24, 2.45) is 4.99 Å². The zero-order chi connectivity index (χ0) is 18.1. The van der Waals surface area contributed by atoms with E-state index in [4.69, 9.17) is 0 Å². The van der Waals surface area contributed by atoms with Gasteiger partial charge in [-0.05, 0) is 43.6 Å². The van der Waals surface area contributed by atoms with Crippen molar-refractivity contribution < 1.29 is 5.11 Å². The van der Waals surface area contributed by atoms with Crippen LogP contribution in [0.1, 0.15) is 31.2 Å². The van der Waals surface area contributed by atoms with Crippen molar-refractivity contribution in [1.29, 1.82) is 0 Å². The SMILES string of the molecule is CCN(CC)CCCNC(=NC)NCC(O)c1cc2ccccc2s1. The second-order valence-electron chi connectivity index (χ2n) is 5.96. The number of nitrogens with zero attached hydrogens (tertiary/aromatic N) is 2. The van der Waals surface area contributed by atoms with Crippen LogP contribution < -0.4 is 10.6 Å². The molecule has 6 heteroatoms. The molecule has 0 aliphatic rings. The lowest BCUT2D eigenvalue weighted by Crippen LogP contribution is -2.40. The number of benzene rings is 1. The molecule has 25 heavy (non-hydrogen) atoms. The van der Waals surface area contributed by atoms with E-state index in [0.29, 0.717) is 6.54 Å². The average Bonchev–Trinajstić information content (AvgIpc) is 3.08. The summed E-state index contributed by atoms with van der Waals surface area (Å²) in [4.78, 5) is 7.61. The Morgan fingerprint density at radius 1 is 1.24 bits per heavy atom. The highest BCUT2D eigenvalue weighted by Crippen LogP contribution is 2.29. The third kappa shape index (κ3) is 5.99. The molecular formula is C19H30N4OS. The minimum atomic E-state index is -0.536. The van der Waals surface area contributed by atoms with Gasteiger partial charge in [0.1, 0.15) is 6.10 Å². The normalized spacial score (nSPS) is 13.4. The average molecular weight is 363 g/mol. The fourth-order valence-corrected chi connectivity index (χ4v) is 3.78. The van der Waals surface area contributed by atoms with Gasteiger partial charge in [0, 0.05) is 29.7 Å². The quantitative estimate of drug-likeness (QED) is 0.365. The first kappa shape index (κ1) is 19.7. The fraction of sp³-hybridized carbons (Fsp3) is 0.526. The second-order valence-corrected chi connectivity index (χ2v) is 7.08. The molecule has 0 amide bonds. The predicted molar refractivity (Wildman–Crippen MR) is 109 cm³/mol. The van der Waals surface area contributed by atoms with Crippen molar-refractivity contribution >= 4 is 27.4 Å². The van der Waals surface area contributed by atoms with Gasteiger partial charge in [0.05, 0.1) is 0 Å². The summed E-state index contributed by atoms with van der Waals surface area (Å²) in [5, 5.41) is 18.1. The number of guanidine groups is 1. The van der Waals surface area contributed by atoms with Crippen LogP contribution >= 0.6 is 11.3 Å². The molecule has 0 spiro atoms. The maximum absolute atomic E-state index is 10.4. The molecule has 2 aromatic rings. The highest BCUT2D eigenvalue weighted by molar-refractivity contribution is 7.19. The third-order valence-corrected chi connectivity index (χ3v) is 5.51. The fourth-order valence-electron chi connectivity index (χ4n) is 2.73. The lowest BCUT2D eigenvalue weighted by atomic mass is 10.2. The number of hydrogen-bond donors (Lipinski definition) is 3. The number of aliphatic hydroxyl groups excluding tert-OH is 1. The Morgan fingerprint density at radius 3 is 2.68 bits per heavy atom. The molecule has 0 saturated carbocycles. The van der Waals surface area contributed by atoms with E-state index in [9.17, 15) is 5.11 Å². The van der Waals surface area contributed by atoms with Crippen LogP contribution in [0.5, 0.6) is 0 Å². The molecule has 0 aliphatic heterocycles. The summed E-state index contributed by atoms with van der Waals surface area (Å²) >= 11 is 1.64. The summed E-state index contributed by atoms with van der Waals surface area (Å²) in [7, 11) is 1.76. The number of nitrogens with one attached hydrogen (secondary N) is 2. The molecule has 1 aromatic carbocycles. The Balaban J connectivity index is 1.76. The summed E-state index contributed by atoms with van der Waals surface area (Å²) in [5.74, 6) is 0.736. The van der Waals surface area contributed by atoms with Gasteiger partial charge in [-0.2, -0.15) is 0 Å². The maximum Gasteiger partial charge on any atom is 0.191 e. The van der Waals surface area contributed by atoms with E-state index in [1.165, 1.54) is 10.1 Å². The molecule has 3 N–H and O–H groups in total. The van der Waals surface area contributed by atoms with E-state index < -0.39 is 6.10 Å². The van der Waals surface area contributed by atoms with Crippen LogP contribution in [0.4, 0.5) is 0 Å². The van der Waals surface area contributed by atoms with Gasteiger partial charge in [0.2, 0.25) is 0 Å². The largest absolute Gasteiger partial charge is 0.386 e. The highest BCUT2D eigenvalue weighted by atomic mass is 32.1. The van der Waals surface area contributed by atoms with Crippen LogP contribution in [0, 0.1) is 0 Å². The maximum atomic E-state index is 10.4. The number of thiophene rings is 1. The Labute approximate surface area is 154 Å². The van der Waals surface area contributed by atoms with Gasteiger partial charge < -0.3 is 20.6 Å². The minimum Gasteiger partial charge on any atom is -0.386 e. The summed E-state index contributed by atoms with van der Waals surface area (Å²) < 4.78 is 1.20. The molecule has 1 atom stereocenters. The van der Waals surface area contributed by atoms with Crippen molar-refractivity contribution in [3.63, 3.8) is 0 Å². The van der Waals surface area contributed by atoms with E-state index in [2.05, 4.69) is 52.6 Å². The Morgan fingerprint density at radius 2 is 2.00 bits per heavy atom. The minimum absolute atomic E-state index is 0.447. The van der Waals surface area contributed by atoms with Gasteiger partial charge in [0.15, 0.2) is 5.96 Å². The summed E-state index contributed by atoms with van der Waals surface area (Å²) in [6.45, 7) is 8.95. The molecule has 0 saturated heterocycles. The first-order valence-corrected chi connectivity index (χ1v) is 9.83. The van der Waals surface area contributed by atoms with Gasteiger partial charge in [-0.15, -0.1) is 11.3 Å². The molecule has 1 aromatic heterocycles. The number of aliphatic hydroxyl groups is 1. The molecule has 1 unspecified atom stereocenters. The molecule has 0 bridgehead atoms. The van der Waals surface area contributed by atoms with Gasteiger partial charge in [-0.25, -0.2) is 0 Å². The van der Waals surface area contributed by atoms with Gasteiger partial charge >= 0.3 is 0 Å². The van der Waals surface area contributed by atoms with E-state index in [1.807, 2.05) is 12.1 Å². The van der Waals surface area contributed by atoms with Crippen LogP contribution in [-0.4, -0.2) is 55.7 Å². The zero-order valence-electron chi connectivity index (χ0n) is 15.5. The van der Waals surface area contributed by atoms with Gasteiger partial charge in [0.25, 0.3) is 0 Å². The number of aliphatic imine (C=N–C) groups is 1. The number of fused-ring (bicyclic) bond motifs is 1. The Hall–Kier alpha value is -1.63. The van der Waals surface area contributed by atoms with Crippen molar-refractivity contribution in [2.45, 2.75) is 26.4 Å². The van der Waals surface area contributed by atoms with Crippen molar-refractivity contribution in [3.05, 3.63) is 35.2 Å². The Bertz CT molecular complexity index is 633. The first-order chi connectivity index (χ1) is 12.2. The van der Waals surface area contributed by atoms with E-state index >= 15 is 0 Å². The van der Waals surface area contributed by atoms with E-state index in [-0.39, 0.29) is 0 Å². The van der Waals surface area contributed by atoms with Crippen LogP contribution in [-0.2, 0) is 0 Å². The molecule has 2 rings (SSSR count). The summed E-state index contributed by atoms with van der Waals surface area (Å²) in [6, 6.07) is 10.3. The lowest BCUT2D eigenvalue weighted by molar-refractivity contribution is 0.184. The van der Waals surface area contributed by atoms with E-state index in [0.717, 1.165) is 43.4 Å². The van der Waals surface area contributed by atoms with Crippen LogP contribution in [0.2, 0.25) is 0 Å². The number of rotatable bonds is 9. The molecular weight excluding hydrogens is 332 g/mol. The van der Waals surface area contributed by atoms with Crippen molar-refractivity contribution in [1.82, 2.24) is 15.5 Å². The lowest BCUT2D eigenvalue weighted by Gasteiger charge is -2.19. The van der Waals surface area contributed by atoms with Crippen LogP contribution in [0.15, 0.2) is 35.3 Å². The van der Waals surface area contributed by atoms with Crippen molar-refractivity contribution in [3.8, 4) is 0 Å². The molecule has 1 heterocycles. The summed E-state index contributed by atoms with van der Waals surface area (Å²) in [5.41, 5.74) is 0. The van der Waals surface area contributed by atoms with Crippen LogP contribution in [0.3, 0.4) is 0 Å². The van der Waals surface area contributed by atoms with Gasteiger partial charge in [-0.3, -0.25) is 4.99 Å². The first-order valence-electron chi connectivity index (χ1n) is 9.01. The smallest absolute Gasteiger partial charge is 0.191 e. The second kappa shape index (κ2) is 10.4.